The van der Waals surface area contributed by atoms with Gasteiger partial charge in [0.25, 0.3) is 6.64 Å². The Kier molecular flexibility index (Phi) is 6.33. The van der Waals surface area contributed by atoms with Gasteiger partial charge in [0.15, 0.2) is 0 Å². The molecule has 0 spiro atoms. The lowest BCUT2D eigenvalue weighted by molar-refractivity contribution is 0.254. The molecule has 8 heteroatoms. The second-order valence-corrected chi connectivity index (χ2v) is 11.3. The third kappa shape index (κ3) is 3.86. The van der Waals surface area contributed by atoms with Crippen molar-refractivity contribution in [2.75, 3.05) is 18.1 Å². The van der Waals surface area contributed by atoms with Crippen molar-refractivity contribution in [2.45, 2.75) is 39.7 Å². The summed E-state index contributed by atoms with van der Waals surface area (Å²) in [5, 5.41) is 0. The molecule has 0 aromatic rings. The van der Waals surface area contributed by atoms with E-state index in [0.717, 1.165) is 12.8 Å². The molecule has 0 saturated carbocycles. The molecule has 1 saturated heterocycles. The Hall–Kier alpha value is 0.770. The lowest BCUT2D eigenvalue weighted by atomic mass is 10.3. The summed E-state index contributed by atoms with van der Waals surface area (Å²) < 4.78 is 18.7. The summed E-state index contributed by atoms with van der Waals surface area (Å²) in [7, 11) is -2.19. The average molecular weight is 303 g/mol. The smallest absolute Gasteiger partial charge is 0.253 e. The number of rotatable bonds is 5. The minimum atomic E-state index is -3.38. The normalized spacial score (nSPS) is 26.1. The number of hydrogen-bond donors (Lipinski definition) is 2. The van der Waals surface area contributed by atoms with Gasteiger partial charge in [0.05, 0.1) is 6.10 Å². The third-order valence-corrected chi connectivity index (χ3v) is 11.0. The van der Waals surface area contributed by atoms with Gasteiger partial charge in [0.2, 0.25) is 0 Å². The second kappa shape index (κ2) is 6.80. The predicted molar refractivity (Wildman–Crippen MR) is 74.4 cm³/mol. The van der Waals surface area contributed by atoms with E-state index in [-0.39, 0.29) is 6.10 Å². The minimum Gasteiger partial charge on any atom is -0.336 e. The largest absolute Gasteiger partial charge is 0.336 e. The van der Waals surface area contributed by atoms with Crippen LogP contribution in [0.2, 0.25) is 0 Å². The summed E-state index contributed by atoms with van der Waals surface area (Å²) in [6.07, 6.45) is 1.57. The van der Waals surface area contributed by atoms with Gasteiger partial charge in [-0.1, -0.05) is 13.8 Å². The zero-order valence-electron chi connectivity index (χ0n) is 10.5. The Morgan fingerprint density at radius 2 is 2.18 bits per heavy atom. The van der Waals surface area contributed by atoms with Crippen LogP contribution in [0.3, 0.4) is 0 Å². The van der Waals surface area contributed by atoms with Gasteiger partial charge in [0.1, 0.15) is 11.0 Å². The SMILES string of the molecule is CCC(C)OS(CC)=P(O)(O)N1CCCS1=O. The topological polar surface area (TPSA) is 70.0 Å². The van der Waals surface area contributed by atoms with E-state index in [2.05, 4.69) is 0 Å². The Labute approximate surface area is 108 Å². The van der Waals surface area contributed by atoms with E-state index in [4.69, 9.17) is 4.18 Å². The molecule has 3 atom stereocenters. The quantitative estimate of drug-likeness (QED) is 0.753. The maximum atomic E-state index is 11.7. The van der Waals surface area contributed by atoms with Crippen LogP contribution in [-0.4, -0.2) is 42.2 Å². The van der Waals surface area contributed by atoms with Gasteiger partial charge in [-0.3, -0.25) is 0 Å². The van der Waals surface area contributed by atoms with Gasteiger partial charge in [-0.25, -0.2) is 4.21 Å². The molecule has 0 aliphatic carbocycles. The predicted octanol–water partition coefficient (Wildman–Crippen LogP) is 1.39. The van der Waals surface area contributed by atoms with Crippen molar-refractivity contribution < 1.29 is 18.2 Å². The first-order valence-electron chi connectivity index (χ1n) is 5.83. The van der Waals surface area contributed by atoms with Crippen molar-refractivity contribution in [3.8, 4) is 0 Å². The lowest BCUT2D eigenvalue weighted by Crippen LogP contribution is -2.22. The maximum absolute atomic E-state index is 11.7. The van der Waals surface area contributed by atoms with Crippen LogP contribution in [0.1, 0.15) is 33.6 Å². The molecule has 1 fully saturated rings. The van der Waals surface area contributed by atoms with Crippen LogP contribution < -0.4 is 0 Å². The third-order valence-electron chi connectivity index (χ3n) is 2.56. The molecule has 3 unspecified atom stereocenters. The van der Waals surface area contributed by atoms with Crippen molar-refractivity contribution in [2.24, 2.45) is 0 Å². The molecule has 1 rings (SSSR count). The molecule has 0 amide bonds. The van der Waals surface area contributed by atoms with Crippen molar-refractivity contribution in [3.63, 3.8) is 0 Å². The van der Waals surface area contributed by atoms with Crippen LogP contribution in [0.4, 0.5) is 0 Å². The van der Waals surface area contributed by atoms with Crippen molar-refractivity contribution in [1.82, 2.24) is 4.08 Å². The zero-order valence-corrected chi connectivity index (χ0v) is 13.1. The Morgan fingerprint density at radius 1 is 1.53 bits per heavy atom. The Balaban J connectivity index is 2.98. The maximum Gasteiger partial charge on any atom is 0.253 e. The highest BCUT2D eigenvalue weighted by Crippen LogP contribution is 2.50. The highest BCUT2D eigenvalue weighted by Gasteiger charge is 2.34. The molecular formula is C9H22NO4PS2. The van der Waals surface area contributed by atoms with Crippen molar-refractivity contribution in [1.29, 1.82) is 0 Å². The van der Waals surface area contributed by atoms with Crippen molar-refractivity contribution in [3.05, 3.63) is 0 Å². The Morgan fingerprint density at radius 3 is 2.59 bits per heavy atom. The molecule has 1 aliphatic heterocycles. The number of nitrogens with zero attached hydrogens (tertiary/aromatic N) is 1. The molecule has 5 nitrogen and oxygen atoms in total. The van der Waals surface area contributed by atoms with Gasteiger partial charge < -0.3 is 14.0 Å². The summed E-state index contributed by atoms with van der Waals surface area (Å²) in [4.78, 5) is 20.6. The van der Waals surface area contributed by atoms with Gasteiger partial charge in [-0.2, -0.15) is 4.08 Å². The van der Waals surface area contributed by atoms with Crippen molar-refractivity contribution >= 4 is 28.0 Å². The highest BCUT2D eigenvalue weighted by molar-refractivity contribution is 8.27. The van der Waals surface area contributed by atoms with E-state index < -0.39 is 28.0 Å². The summed E-state index contributed by atoms with van der Waals surface area (Å²) >= 11 is 0. The molecule has 2 N–H and O–H groups in total. The fraction of sp³-hybridized carbons (Fsp3) is 1.00. The zero-order chi connectivity index (χ0) is 13.1. The first-order valence-corrected chi connectivity index (χ1v) is 10.7. The van der Waals surface area contributed by atoms with Gasteiger partial charge in [0, 0.05) is 28.4 Å². The average Bonchev–Trinajstić information content (AvgIpc) is 2.72. The van der Waals surface area contributed by atoms with Crippen LogP contribution in [0, 0.1) is 0 Å². The second-order valence-electron chi connectivity index (χ2n) is 3.89. The van der Waals surface area contributed by atoms with Crippen LogP contribution in [0.25, 0.3) is 0 Å². The van der Waals surface area contributed by atoms with E-state index in [1.165, 1.54) is 4.08 Å². The van der Waals surface area contributed by atoms with Crippen LogP contribution in [0.15, 0.2) is 0 Å². The standard InChI is InChI=1S/C9H22NO4PS2/c1-4-9(3)14-17(5-2)15(11,12)10-7-6-8-16(10)13/h9,11-12H,4-8H2,1-3H3. The van der Waals surface area contributed by atoms with Gasteiger partial charge >= 0.3 is 0 Å². The van der Waals surface area contributed by atoms with E-state index in [9.17, 15) is 14.0 Å². The molecule has 104 valence electrons. The summed E-state index contributed by atoms with van der Waals surface area (Å²) in [5.41, 5.74) is 0. The highest BCUT2D eigenvalue weighted by atomic mass is 32.5. The van der Waals surface area contributed by atoms with Gasteiger partial charge in [-0.15, -0.1) is 0 Å². The summed E-state index contributed by atoms with van der Waals surface area (Å²) in [6, 6.07) is 0. The first kappa shape index (κ1) is 15.8. The molecule has 0 bridgehead atoms. The van der Waals surface area contributed by atoms with Crippen LogP contribution in [0.5, 0.6) is 0 Å². The molecule has 0 aromatic carbocycles. The fourth-order valence-corrected chi connectivity index (χ4v) is 9.29. The van der Waals surface area contributed by atoms with Gasteiger partial charge in [-0.05, 0) is 19.8 Å². The molecular weight excluding hydrogens is 281 g/mol. The molecule has 1 heterocycles. The van der Waals surface area contributed by atoms with Crippen LogP contribution >= 0.6 is 6.64 Å². The fourth-order valence-electron chi connectivity index (χ4n) is 1.44. The van der Waals surface area contributed by atoms with E-state index in [1.54, 1.807) is 0 Å². The number of hydrogen-bond acceptors (Lipinski definition) is 2. The monoisotopic (exact) mass is 303 g/mol. The van der Waals surface area contributed by atoms with E-state index in [1.807, 2.05) is 20.8 Å². The molecule has 17 heavy (non-hydrogen) atoms. The summed E-state index contributed by atoms with van der Waals surface area (Å²) in [6.45, 7) is 2.87. The van der Waals surface area contributed by atoms with E-state index in [0.29, 0.717) is 18.1 Å². The summed E-state index contributed by atoms with van der Waals surface area (Å²) in [5.74, 6) is 1.06. The molecule has 0 aromatic heterocycles. The molecule has 1 aliphatic rings. The molecule has 0 radical (unpaired) electrons. The first-order chi connectivity index (χ1) is 7.93. The van der Waals surface area contributed by atoms with Crippen LogP contribution in [-0.2, 0) is 25.5 Å². The lowest BCUT2D eigenvalue weighted by Gasteiger charge is -2.27. The Bertz CT molecular complexity index is 344. The minimum absolute atomic E-state index is 0.00648. The van der Waals surface area contributed by atoms with E-state index >= 15 is 0 Å².